The Bertz CT molecular complexity index is 1590. The number of nitrogens with zero attached hydrogens (tertiary/aromatic N) is 3. The van der Waals surface area contributed by atoms with E-state index in [0.29, 0.717) is 28.7 Å². The smallest absolute Gasteiger partial charge is 0.240 e. The van der Waals surface area contributed by atoms with Gasteiger partial charge in [-0.2, -0.15) is 5.10 Å². The molecule has 2 aromatic carbocycles. The van der Waals surface area contributed by atoms with Crippen LogP contribution in [0.3, 0.4) is 0 Å². The highest BCUT2D eigenvalue weighted by Gasteiger charge is 2.29. The highest BCUT2D eigenvalue weighted by molar-refractivity contribution is 7.89. The van der Waals surface area contributed by atoms with Gasteiger partial charge < -0.3 is 0 Å². The highest BCUT2D eigenvalue weighted by Crippen LogP contribution is 2.38. The summed E-state index contributed by atoms with van der Waals surface area (Å²) in [5.74, 6) is -0.467. The molecule has 10 heteroatoms. The number of carbonyl (C=O) groups is 1. The number of sulfonamides is 1. The molecule has 1 fully saturated rings. The van der Waals surface area contributed by atoms with Crippen molar-refractivity contribution in [3.63, 3.8) is 0 Å². The molecule has 0 bridgehead atoms. The Kier molecular flexibility index (Phi) is 6.36. The summed E-state index contributed by atoms with van der Waals surface area (Å²) in [4.78, 5) is 15.9. The van der Waals surface area contributed by atoms with Gasteiger partial charge in [-0.1, -0.05) is 29.8 Å². The van der Waals surface area contributed by atoms with Crippen molar-refractivity contribution in [3.05, 3.63) is 81.7 Å². The van der Waals surface area contributed by atoms with Gasteiger partial charge in [0.1, 0.15) is 16.4 Å². The number of aromatic nitrogens is 3. The Morgan fingerprint density at radius 1 is 1.22 bits per heavy atom. The van der Waals surface area contributed by atoms with Gasteiger partial charge in [0.05, 0.1) is 11.4 Å². The molecular formula is C26H25FN4O3S2. The lowest BCUT2D eigenvalue weighted by atomic mass is 9.96. The van der Waals surface area contributed by atoms with E-state index in [1.54, 1.807) is 11.4 Å². The summed E-state index contributed by atoms with van der Waals surface area (Å²) in [5.41, 5.74) is 5.64. The Morgan fingerprint density at radius 3 is 2.61 bits per heavy atom. The number of thiazole rings is 1. The van der Waals surface area contributed by atoms with Crippen molar-refractivity contribution >= 4 is 27.1 Å². The lowest BCUT2D eigenvalue weighted by molar-refractivity contribution is 0.101. The fourth-order valence-corrected chi connectivity index (χ4v) is 5.70. The van der Waals surface area contributed by atoms with Crippen LogP contribution >= 0.6 is 11.3 Å². The molecule has 7 nitrogen and oxygen atoms in total. The Balaban J connectivity index is 1.68. The molecule has 4 aromatic rings. The minimum absolute atomic E-state index is 0.113. The minimum Gasteiger partial charge on any atom is -0.293 e. The third-order valence-corrected chi connectivity index (χ3v) is 8.04. The monoisotopic (exact) mass is 524 g/mol. The maximum atomic E-state index is 14.7. The zero-order valence-electron chi connectivity index (χ0n) is 19.9. The largest absolute Gasteiger partial charge is 0.293 e. The molecule has 0 aliphatic heterocycles. The zero-order valence-corrected chi connectivity index (χ0v) is 21.5. The Labute approximate surface area is 212 Å². The van der Waals surface area contributed by atoms with Gasteiger partial charge in [0.25, 0.3) is 0 Å². The lowest BCUT2D eigenvalue weighted by Crippen LogP contribution is -2.14. The molecule has 2 N–H and O–H groups in total. The molecule has 0 amide bonds. The normalized spacial score (nSPS) is 13.8. The van der Waals surface area contributed by atoms with Crippen LogP contribution in [0.4, 0.5) is 4.39 Å². The summed E-state index contributed by atoms with van der Waals surface area (Å²) in [6.07, 6.45) is 3.37. The van der Waals surface area contributed by atoms with Crippen molar-refractivity contribution in [1.29, 1.82) is 0 Å². The maximum absolute atomic E-state index is 14.7. The first-order valence-corrected chi connectivity index (χ1v) is 14.0. The predicted molar refractivity (Wildman–Crippen MR) is 136 cm³/mol. The zero-order chi connectivity index (χ0) is 25.6. The van der Waals surface area contributed by atoms with Gasteiger partial charge in [0.15, 0.2) is 5.78 Å². The van der Waals surface area contributed by atoms with Gasteiger partial charge in [0, 0.05) is 29.9 Å². The predicted octanol–water partition coefficient (Wildman–Crippen LogP) is 4.84. The molecule has 186 valence electrons. The number of hydrogen-bond acceptors (Lipinski definition) is 6. The molecule has 5 rings (SSSR count). The number of nitrogens with two attached hydrogens (primary N) is 1. The first-order chi connectivity index (χ1) is 17.1. The van der Waals surface area contributed by atoms with Gasteiger partial charge in [-0.05, 0) is 55.9 Å². The van der Waals surface area contributed by atoms with Crippen LogP contribution in [-0.4, -0.2) is 29.0 Å². The van der Waals surface area contributed by atoms with Crippen LogP contribution in [0, 0.1) is 18.7 Å². The van der Waals surface area contributed by atoms with Crippen LogP contribution in [0.5, 0.6) is 0 Å². The highest BCUT2D eigenvalue weighted by atomic mass is 32.2. The van der Waals surface area contributed by atoms with Gasteiger partial charge in [-0.3, -0.25) is 4.79 Å². The van der Waals surface area contributed by atoms with E-state index < -0.39 is 20.7 Å². The number of halogens is 1. The summed E-state index contributed by atoms with van der Waals surface area (Å²) in [7, 11) is -4.16. The van der Waals surface area contributed by atoms with E-state index in [4.69, 9.17) is 10.2 Å². The van der Waals surface area contributed by atoms with E-state index in [1.807, 2.05) is 35.9 Å². The van der Waals surface area contributed by atoms with Crippen LogP contribution in [-0.2, 0) is 22.9 Å². The number of ketones is 1. The van der Waals surface area contributed by atoms with Crippen molar-refractivity contribution < 1.29 is 17.6 Å². The second-order valence-electron chi connectivity index (χ2n) is 9.26. The van der Waals surface area contributed by atoms with E-state index in [1.165, 1.54) is 30.4 Å². The van der Waals surface area contributed by atoms with Crippen LogP contribution in [0.25, 0.3) is 16.4 Å². The molecule has 0 radical (unpaired) electrons. The second kappa shape index (κ2) is 9.34. The molecule has 36 heavy (non-hydrogen) atoms. The minimum atomic E-state index is -4.16. The number of aryl methyl sites for hydroxylation is 1. The summed E-state index contributed by atoms with van der Waals surface area (Å²) in [5, 5.41) is 12.4. The van der Waals surface area contributed by atoms with Gasteiger partial charge in [0.2, 0.25) is 15.2 Å². The number of hydrogen-bond donors (Lipinski definition) is 1. The molecule has 2 heterocycles. The lowest BCUT2D eigenvalue weighted by Gasteiger charge is -2.10. The number of rotatable bonds is 8. The number of benzene rings is 2. The van der Waals surface area contributed by atoms with E-state index in [-0.39, 0.29) is 5.78 Å². The van der Waals surface area contributed by atoms with Gasteiger partial charge in [-0.15, -0.1) is 11.3 Å². The third kappa shape index (κ3) is 5.02. The second-order valence-corrected chi connectivity index (χ2v) is 11.6. The molecular weight excluding hydrogens is 499 g/mol. The number of primary sulfonamides is 1. The summed E-state index contributed by atoms with van der Waals surface area (Å²) in [6, 6.07) is 12.0. The Hall–Kier alpha value is -3.21. The third-order valence-electron chi connectivity index (χ3n) is 6.28. The first-order valence-electron chi connectivity index (χ1n) is 11.6. The number of carbonyl (C=O) groups excluding carboxylic acids is 1. The number of Topliss-reactive ketones (excluding diaryl/α,β-unsaturated/α-hetero) is 1. The molecule has 1 saturated carbocycles. The molecule has 0 saturated heterocycles. The van der Waals surface area contributed by atoms with E-state index in [9.17, 15) is 17.6 Å². The molecule has 1 aliphatic carbocycles. The average molecular weight is 525 g/mol. The van der Waals surface area contributed by atoms with Crippen molar-refractivity contribution in [2.45, 2.75) is 44.4 Å². The van der Waals surface area contributed by atoms with Crippen LogP contribution < -0.4 is 5.14 Å². The van der Waals surface area contributed by atoms with Crippen LogP contribution in [0.1, 0.15) is 52.6 Å². The fraction of sp³-hybridized carbons (Fsp3) is 0.269. The van der Waals surface area contributed by atoms with E-state index in [0.717, 1.165) is 47.3 Å². The summed E-state index contributed by atoms with van der Waals surface area (Å²) in [6.45, 7) is 3.49. The molecule has 1 aliphatic rings. The van der Waals surface area contributed by atoms with Crippen molar-refractivity contribution in [2.75, 3.05) is 0 Å². The van der Waals surface area contributed by atoms with Crippen molar-refractivity contribution in [3.8, 4) is 16.4 Å². The van der Waals surface area contributed by atoms with E-state index in [2.05, 4.69) is 4.98 Å². The van der Waals surface area contributed by atoms with Crippen molar-refractivity contribution in [1.82, 2.24) is 14.8 Å². The molecule has 2 aromatic heterocycles. The standard InChI is InChI=1S/C26H25FN4O3S2/c1-15-4-3-5-19(10-15)25-20(11-18-8-9-24(21(27)12-18)36(28,33)34)23(13-17-6-7-17)31(30-25)26-29-22(14-35-26)16(2)32/h3-5,8-10,12,14,17H,6-7,11,13H2,1-2H3,(H2,28,33,34). The average Bonchev–Trinajstić information content (AvgIpc) is 3.36. The molecule has 0 spiro atoms. The SMILES string of the molecule is CC(=O)c1csc(-n2nc(-c3cccc(C)c3)c(Cc3ccc(S(N)(=O)=O)c(F)c3)c2CC2CC2)n1. The molecule has 0 unspecified atom stereocenters. The van der Waals surface area contributed by atoms with Crippen LogP contribution in [0.2, 0.25) is 0 Å². The fourth-order valence-electron chi connectivity index (χ4n) is 4.27. The first kappa shape index (κ1) is 24.5. The maximum Gasteiger partial charge on any atom is 0.240 e. The van der Waals surface area contributed by atoms with Gasteiger partial charge in [-0.25, -0.2) is 27.6 Å². The van der Waals surface area contributed by atoms with E-state index >= 15 is 0 Å². The van der Waals surface area contributed by atoms with Crippen LogP contribution in [0.15, 0.2) is 52.7 Å². The van der Waals surface area contributed by atoms with Crippen molar-refractivity contribution in [2.24, 2.45) is 11.1 Å². The topological polar surface area (TPSA) is 108 Å². The summed E-state index contributed by atoms with van der Waals surface area (Å²) >= 11 is 1.35. The van der Waals surface area contributed by atoms with Gasteiger partial charge >= 0.3 is 0 Å². The Morgan fingerprint density at radius 2 is 2.00 bits per heavy atom. The summed E-state index contributed by atoms with van der Waals surface area (Å²) < 4.78 is 39.9. The quantitative estimate of drug-likeness (QED) is 0.332. The molecule has 0 atom stereocenters.